The van der Waals surface area contributed by atoms with Crippen molar-refractivity contribution in [3.63, 3.8) is 0 Å². The van der Waals surface area contributed by atoms with Gasteiger partial charge < -0.3 is 14.7 Å². The van der Waals surface area contributed by atoms with E-state index in [4.69, 9.17) is 4.74 Å². The first-order valence-electron chi connectivity index (χ1n) is 14.7. The van der Waals surface area contributed by atoms with E-state index < -0.39 is 0 Å². The summed E-state index contributed by atoms with van der Waals surface area (Å²) in [6.45, 7) is 5.20. The molecule has 1 N–H and O–H groups in total. The Bertz CT molecular complexity index is 510. The van der Waals surface area contributed by atoms with Crippen molar-refractivity contribution in [2.24, 2.45) is 0 Å². The van der Waals surface area contributed by atoms with E-state index in [1.54, 1.807) is 4.90 Å². The molecule has 5 nitrogen and oxygen atoms in total. The van der Waals surface area contributed by atoms with Crippen molar-refractivity contribution < 1.29 is 19.4 Å². The summed E-state index contributed by atoms with van der Waals surface area (Å²) in [6.07, 6.45) is 22.4. The van der Waals surface area contributed by atoms with Gasteiger partial charge >= 0.3 is 5.97 Å². The standard InChI is InChI=1S/C29H55NO4/c1-3-5-7-9-11-12-14-15-17-21-27(24-28(32)30-23-19-20-26(30)25-31)34-29(33)22-18-16-13-10-8-6-4-2/h26-27,31H,3-25H2,1-2H3/t26-,27+/m0/s1. The molecule has 5 heteroatoms. The van der Waals surface area contributed by atoms with Crippen molar-refractivity contribution in [1.29, 1.82) is 0 Å². The van der Waals surface area contributed by atoms with Crippen molar-refractivity contribution in [1.82, 2.24) is 4.90 Å². The lowest BCUT2D eigenvalue weighted by atomic mass is 10.0. The number of esters is 1. The van der Waals surface area contributed by atoms with E-state index in [1.165, 1.54) is 77.0 Å². The summed E-state index contributed by atoms with van der Waals surface area (Å²) in [4.78, 5) is 27.2. The van der Waals surface area contributed by atoms with Gasteiger partial charge in [0.15, 0.2) is 0 Å². The fourth-order valence-electron chi connectivity index (χ4n) is 5.02. The Morgan fingerprint density at radius 3 is 1.91 bits per heavy atom. The molecule has 0 saturated carbocycles. The lowest BCUT2D eigenvalue weighted by molar-refractivity contribution is -0.152. The van der Waals surface area contributed by atoms with Gasteiger partial charge in [0.25, 0.3) is 0 Å². The Balaban J connectivity index is 2.36. The van der Waals surface area contributed by atoms with Crippen LogP contribution >= 0.6 is 0 Å². The van der Waals surface area contributed by atoms with Gasteiger partial charge in [0.05, 0.1) is 19.1 Å². The second kappa shape index (κ2) is 21.2. The van der Waals surface area contributed by atoms with Crippen molar-refractivity contribution in [2.75, 3.05) is 13.2 Å². The number of hydrogen-bond donors (Lipinski definition) is 1. The molecule has 0 aliphatic carbocycles. The molecule has 1 aliphatic heterocycles. The predicted octanol–water partition coefficient (Wildman–Crippen LogP) is 7.33. The number of hydrogen-bond acceptors (Lipinski definition) is 4. The lowest BCUT2D eigenvalue weighted by Gasteiger charge is -2.26. The van der Waals surface area contributed by atoms with Gasteiger partial charge in [-0.25, -0.2) is 0 Å². The highest BCUT2D eigenvalue weighted by Gasteiger charge is 2.30. The van der Waals surface area contributed by atoms with Gasteiger partial charge in [-0.05, 0) is 32.1 Å². The fraction of sp³-hybridized carbons (Fsp3) is 0.931. The number of unbranched alkanes of at least 4 members (excludes halogenated alkanes) is 14. The van der Waals surface area contributed by atoms with E-state index in [9.17, 15) is 14.7 Å². The average molecular weight is 482 g/mol. The van der Waals surface area contributed by atoms with Crippen molar-refractivity contribution in [3.8, 4) is 0 Å². The van der Waals surface area contributed by atoms with E-state index in [-0.39, 0.29) is 37.0 Å². The number of aliphatic hydroxyl groups is 1. The molecule has 0 unspecified atom stereocenters. The third-order valence-corrected chi connectivity index (χ3v) is 7.22. The minimum atomic E-state index is -0.325. The second-order valence-electron chi connectivity index (χ2n) is 10.4. The molecule has 1 heterocycles. The summed E-state index contributed by atoms with van der Waals surface area (Å²) in [5, 5.41) is 9.57. The van der Waals surface area contributed by atoms with Gasteiger partial charge in [-0.2, -0.15) is 0 Å². The molecule has 1 amide bonds. The number of amides is 1. The predicted molar refractivity (Wildman–Crippen MR) is 141 cm³/mol. The normalized spacial score (nSPS) is 16.7. The zero-order valence-electron chi connectivity index (χ0n) is 22.5. The van der Waals surface area contributed by atoms with E-state index in [0.29, 0.717) is 13.0 Å². The number of carbonyl (C=O) groups is 2. The zero-order chi connectivity index (χ0) is 24.9. The molecular formula is C29H55NO4. The second-order valence-corrected chi connectivity index (χ2v) is 10.4. The highest BCUT2D eigenvalue weighted by Crippen LogP contribution is 2.21. The first-order chi connectivity index (χ1) is 16.6. The first kappa shape index (κ1) is 30.9. The minimum absolute atomic E-state index is 0.0205. The van der Waals surface area contributed by atoms with Crippen LogP contribution < -0.4 is 0 Å². The fourth-order valence-corrected chi connectivity index (χ4v) is 5.02. The third-order valence-electron chi connectivity index (χ3n) is 7.22. The number of nitrogens with zero attached hydrogens (tertiary/aromatic N) is 1. The summed E-state index contributed by atoms with van der Waals surface area (Å²) in [6, 6.07) is -0.0655. The smallest absolute Gasteiger partial charge is 0.306 e. The maximum absolute atomic E-state index is 12.9. The summed E-state index contributed by atoms with van der Waals surface area (Å²) in [5.41, 5.74) is 0. The average Bonchev–Trinajstić information content (AvgIpc) is 3.31. The topological polar surface area (TPSA) is 66.8 Å². The van der Waals surface area contributed by atoms with Crippen LogP contribution in [-0.4, -0.2) is 47.2 Å². The van der Waals surface area contributed by atoms with E-state index in [2.05, 4.69) is 13.8 Å². The quantitative estimate of drug-likeness (QED) is 0.130. The number of ether oxygens (including phenoxy) is 1. The Labute approximate surface area is 210 Å². The maximum Gasteiger partial charge on any atom is 0.306 e. The summed E-state index contributed by atoms with van der Waals surface area (Å²) in [5.74, 6) is -0.122. The molecule has 2 atom stereocenters. The molecule has 1 aliphatic rings. The Morgan fingerprint density at radius 2 is 1.35 bits per heavy atom. The third kappa shape index (κ3) is 15.0. The first-order valence-corrected chi connectivity index (χ1v) is 14.7. The van der Waals surface area contributed by atoms with Gasteiger partial charge in [-0.3, -0.25) is 9.59 Å². The molecule has 200 valence electrons. The van der Waals surface area contributed by atoms with Crippen molar-refractivity contribution >= 4 is 11.9 Å². The van der Waals surface area contributed by atoms with Crippen LogP contribution in [0.3, 0.4) is 0 Å². The zero-order valence-corrected chi connectivity index (χ0v) is 22.5. The molecule has 0 aromatic rings. The Kier molecular flexibility index (Phi) is 19.3. The highest BCUT2D eigenvalue weighted by atomic mass is 16.5. The van der Waals surface area contributed by atoms with Gasteiger partial charge in [0.2, 0.25) is 5.91 Å². The molecule has 0 aromatic carbocycles. The van der Waals surface area contributed by atoms with Crippen LogP contribution in [0.1, 0.15) is 149 Å². The van der Waals surface area contributed by atoms with E-state index in [0.717, 1.165) is 44.9 Å². The lowest BCUT2D eigenvalue weighted by Crippen LogP contribution is -2.39. The molecule has 1 saturated heterocycles. The summed E-state index contributed by atoms with van der Waals surface area (Å²) < 4.78 is 5.82. The number of carbonyl (C=O) groups excluding carboxylic acids is 2. The van der Waals surface area contributed by atoms with Crippen LogP contribution in [0, 0.1) is 0 Å². The van der Waals surface area contributed by atoms with Crippen molar-refractivity contribution in [2.45, 2.75) is 161 Å². The van der Waals surface area contributed by atoms with Gasteiger partial charge in [-0.1, -0.05) is 104 Å². The molecule has 0 radical (unpaired) electrons. The van der Waals surface area contributed by atoms with Crippen LogP contribution in [-0.2, 0) is 14.3 Å². The van der Waals surface area contributed by atoms with Crippen LogP contribution in [0.5, 0.6) is 0 Å². The van der Waals surface area contributed by atoms with E-state index in [1.807, 2.05) is 0 Å². The number of aliphatic hydroxyl groups excluding tert-OH is 1. The molecule has 0 bridgehead atoms. The monoisotopic (exact) mass is 481 g/mol. The molecule has 1 fully saturated rings. The molecule has 34 heavy (non-hydrogen) atoms. The minimum Gasteiger partial charge on any atom is -0.462 e. The SMILES string of the molecule is CCCCCCCCCCC[C@H](CC(=O)N1CCC[C@H]1CO)OC(=O)CCCCCCCCC. The van der Waals surface area contributed by atoms with E-state index >= 15 is 0 Å². The Hall–Kier alpha value is -1.10. The summed E-state index contributed by atoms with van der Waals surface area (Å²) in [7, 11) is 0. The summed E-state index contributed by atoms with van der Waals surface area (Å²) >= 11 is 0. The van der Waals surface area contributed by atoms with Crippen LogP contribution in [0.4, 0.5) is 0 Å². The Morgan fingerprint density at radius 1 is 0.824 bits per heavy atom. The molecule has 0 aromatic heterocycles. The van der Waals surface area contributed by atoms with Crippen LogP contribution in [0.15, 0.2) is 0 Å². The van der Waals surface area contributed by atoms with Crippen LogP contribution in [0.25, 0.3) is 0 Å². The largest absolute Gasteiger partial charge is 0.462 e. The molecular weight excluding hydrogens is 426 g/mol. The number of rotatable bonds is 22. The van der Waals surface area contributed by atoms with Gasteiger partial charge in [-0.15, -0.1) is 0 Å². The van der Waals surface area contributed by atoms with Gasteiger partial charge in [0.1, 0.15) is 6.10 Å². The van der Waals surface area contributed by atoms with Gasteiger partial charge in [0, 0.05) is 13.0 Å². The highest BCUT2D eigenvalue weighted by molar-refractivity contribution is 5.78. The maximum atomic E-state index is 12.9. The number of likely N-dealkylation sites (tertiary alicyclic amines) is 1. The molecule has 1 rings (SSSR count). The molecule has 0 spiro atoms. The van der Waals surface area contributed by atoms with Crippen LogP contribution in [0.2, 0.25) is 0 Å². The van der Waals surface area contributed by atoms with Crippen molar-refractivity contribution in [3.05, 3.63) is 0 Å².